The molecule has 12 heteroatoms. The molecule has 0 radical (unpaired) electrons. The van der Waals surface area contributed by atoms with Crippen molar-refractivity contribution in [2.24, 2.45) is 0 Å². The van der Waals surface area contributed by atoms with Crippen LogP contribution in [0, 0.1) is 0 Å². The van der Waals surface area contributed by atoms with Crippen molar-refractivity contribution in [1.82, 2.24) is 0 Å². The topological polar surface area (TPSA) is 192 Å². The summed E-state index contributed by atoms with van der Waals surface area (Å²) < 4.78 is 21.9. The fourth-order valence-corrected chi connectivity index (χ4v) is 4.92. The highest BCUT2D eigenvalue weighted by atomic mass is 16.6. The third kappa shape index (κ3) is 5.50. The summed E-state index contributed by atoms with van der Waals surface area (Å²) in [4.78, 5) is 23.9. The number of benzene rings is 2. The first-order valence-corrected chi connectivity index (χ1v) is 12.1. The molecule has 6 atom stereocenters. The summed E-state index contributed by atoms with van der Waals surface area (Å²) in [5.74, 6) is -2.11. The van der Waals surface area contributed by atoms with Gasteiger partial charge >= 0.3 is 11.9 Å². The average Bonchev–Trinajstić information content (AvgIpc) is 3.28. The van der Waals surface area contributed by atoms with Gasteiger partial charge in [0.2, 0.25) is 0 Å². The van der Waals surface area contributed by atoms with Crippen molar-refractivity contribution in [3.05, 3.63) is 53.1 Å². The zero-order chi connectivity index (χ0) is 28.5. The van der Waals surface area contributed by atoms with E-state index in [1.54, 1.807) is 24.3 Å². The van der Waals surface area contributed by atoms with Crippen LogP contribution in [-0.2, 0) is 14.3 Å². The number of ether oxygens (including phenoxy) is 4. The number of carboxylic acids is 1. The van der Waals surface area contributed by atoms with Crippen molar-refractivity contribution in [2.75, 3.05) is 20.8 Å². The zero-order valence-corrected chi connectivity index (χ0v) is 21.2. The maximum atomic E-state index is 12.5. The number of phenolic OH excluding ortho intramolecular Hbond substituents is 1. The Bertz CT molecular complexity index is 1270. The van der Waals surface area contributed by atoms with Gasteiger partial charge in [-0.1, -0.05) is 6.07 Å². The predicted octanol–water partition coefficient (Wildman–Crippen LogP) is 0.875. The Balaban J connectivity index is 1.55. The lowest BCUT2D eigenvalue weighted by molar-refractivity contribution is -0.196. The highest BCUT2D eigenvalue weighted by molar-refractivity contribution is 5.87. The van der Waals surface area contributed by atoms with Crippen LogP contribution >= 0.6 is 0 Å². The molecule has 2 aliphatic rings. The monoisotopic (exact) mass is 546 g/mol. The van der Waals surface area contributed by atoms with Crippen LogP contribution in [0.2, 0.25) is 0 Å². The van der Waals surface area contributed by atoms with E-state index in [0.717, 1.165) is 6.08 Å². The Hall–Kier alpha value is -3.84. The predicted molar refractivity (Wildman–Crippen MR) is 134 cm³/mol. The molecule has 1 heterocycles. The van der Waals surface area contributed by atoms with Gasteiger partial charge in [0.25, 0.3) is 0 Å². The molecule has 6 N–H and O–H groups in total. The molecular formula is C27H30O12. The van der Waals surface area contributed by atoms with Crippen LogP contribution in [0.4, 0.5) is 0 Å². The molecule has 0 saturated heterocycles. The first-order chi connectivity index (χ1) is 18.5. The smallest absolute Gasteiger partial charge is 0.335 e. The number of carbonyl (C=O) groups is 2. The second-order valence-electron chi connectivity index (χ2n) is 9.51. The number of carboxylic acid groups (broad SMARTS) is 1. The number of hydrogen-bond acceptors (Lipinski definition) is 11. The van der Waals surface area contributed by atoms with Gasteiger partial charge < -0.3 is 49.6 Å². The van der Waals surface area contributed by atoms with E-state index in [2.05, 4.69) is 0 Å². The SMILES string of the molecule is COc1cc([C@H]2Oc3c(OC)cc(/C=C/C(=O)O[C@@H]4C[C@](O)(C(=O)O)C[C@H](O)[C@@H]4O)cc3[C@H]2CO)ccc1O. The van der Waals surface area contributed by atoms with Crippen molar-refractivity contribution < 1.29 is 59.2 Å². The Morgan fingerprint density at radius 2 is 1.82 bits per heavy atom. The number of hydrogen-bond donors (Lipinski definition) is 6. The second-order valence-corrected chi connectivity index (χ2v) is 9.51. The fourth-order valence-electron chi connectivity index (χ4n) is 4.92. The molecule has 0 spiro atoms. The van der Waals surface area contributed by atoms with Gasteiger partial charge in [-0.05, 0) is 41.5 Å². The largest absolute Gasteiger partial charge is 0.504 e. The van der Waals surface area contributed by atoms with Crippen LogP contribution < -0.4 is 14.2 Å². The molecule has 2 aromatic carbocycles. The molecule has 39 heavy (non-hydrogen) atoms. The number of phenols is 1. The summed E-state index contributed by atoms with van der Waals surface area (Å²) in [7, 11) is 2.85. The van der Waals surface area contributed by atoms with Gasteiger partial charge in [-0.3, -0.25) is 0 Å². The molecule has 2 aromatic rings. The molecule has 4 rings (SSSR count). The molecule has 1 aliphatic heterocycles. The lowest BCUT2D eigenvalue weighted by Gasteiger charge is -2.39. The minimum atomic E-state index is -2.35. The second kappa shape index (κ2) is 11.1. The normalized spacial score (nSPS) is 28.0. The Kier molecular flexibility index (Phi) is 8.02. The molecule has 0 bridgehead atoms. The van der Waals surface area contributed by atoms with Crippen LogP contribution in [0.25, 0.3) is 6.08 Å². The van der Waals surface area contributed by atoms with Crippen molar-refractivity contribution in [1.29, 1.82) is 0 Å². The summed E-state index contributed by atoms with van der Waals surface area (Å²) in [5, 5.41) is 59.7. The standard InChI is InChI=1S/C27H30O12/c1-36-19-9-14(4-5-17(19)29)24-16(12-28)15-7-13(8-20(37-2)25(15)39-24)3-6-22(31)38-21-11-27(35,26(33)34)10-18(30)23(21)32/h3-9,16,18,21,23-24,28-30,32,35H,10-12H2,1-2H3,(H,33,34)/b6-3+/t16-,18+,21-,23+,24-,27+/m1/s1. The number of aromatic hydroxyl groups is 1. The van der Waals surface area contributed by atoms with E-state index in [9.17, 15) is 40.2 Å². The summed E-state index contributed by atoms with van der Waals surface area (Å²) in [6.45, 7) is -0.284. The Labute approximate surface area is 223 Å². The van der Waals surface area contributed by atoms with Gasteiger partial charge in [-0.2, -0.15) is 0 Å². The molecule has 1 aliphatic carbocycles. The van der Waals surface area contributed by atoms with Gasteiger partial charge in [0.15, 0.2) is 28.6 Å². The van der Waals surface area contributed by atoms with Gasteiger partial charge in [0.05, 0.1) is 32.8 Å². The van der Waals surface area contributed by atoms with Gasteiger partial charge in [0.1, 0.15) is 18.3 Å². The summed E-state index contributed by atoms with van der Waals surface area (Å²) in [6.07, 6.45) is -3.99. The first kappa shape index (κ1) is 28.2. The number of carbonyl (C=O) groups excluding carboxylic acids is 1. The molecule has 210 valence electrons. The van der Waals surface area contributed by atoms with Crippen molar-refractivity contribution in [2.45, 2.75) is 48.8 Å². The molecule has 0 unspecified atom stereocenters. The van der Waals surface area contributed by atoms with Crippen LogP contribution in [0.3, 0.4) is 0 Å². The maximum Gasteiger partial charge on any atom is 0.335 e. The number of aliphatic hydroxyl groups excluding tert-OH is 3. The lowest BCUT2D eigenvalue weighted by atomic mass is 9.79. The van der Waals surface area contributed by atoms with Crippen molar-refractivity contribution in [3.63, 3.8) is 0 Å². The number of aliphatic carboxylic acids is 1. The number of fused-ring (bicyclic) bond motifs is 1. The van der Waals surface area contributed by atoms with E-state index in [1.165, 1.54) is 26.4 Å². The van der Waals surface area contributed by atoms with E-state index in [-0.39, 0.29) is 18.1 Å². The molecule has 0 amide bonds. The molecule has 1 fully saturated rings. The number of esters is 1. The maximum absolute atomic E-state index is 12.5. The summed E-state index contributed by atoms with van der Waals surface area (Å²) in [5.41, 5.74) is -0.603. The minimum absolute atomic E-state index is 0.0444. The third-order valence-corrected chi connectivity index (χ3v) is 7.00. The van der Waals surface area contributed by atoms with E-state index < -0.39 is 60.7 Å². The van der Waals surface area contributed by atoms with Crippen LogP contribution in [0.1, 0.15) is 41.6 Å². The number of rotatable bonds is 8. The number of aliphatic hydroxyl groups is 4. The van der Waals surface area contributed by atoms with E-state index in [4.69, 9.17) is 18.9 Å². The summed E-state index contributed by atoms with van der Waals surface area (Å²) in [6, 6.07) is 8.02. The fraction of sp³-hybridized carbons (Fsp3) is 0.407. The van der Waals surface area contributed by atoms with E-state index in [0.29, 0.717) is 28.2 Å². The van der Waals surface area contributed by atoms with Gasteiger partial charge in [-0.15, -0.1) is 0 Å². The van der Waals surface area contributed by atoms with E-state index >= 15 is 0 Å². The lowest BCUT2D eigenvalue weighted by Crippen LogP contribution is -2.57. The molecule has 1 saturated carbocycles. The highest BCUT2D eigenvalue weighted by Gasteiger charge is 2.50. The van der Waals surface area contributed by atoms with Crippen molar-refractivity contribution >= 4 is 18.0 Å². The Morgan fingerprint density at radius 3 is 2.46 bits per heavy atom. The van der Waals surface area contributed by atoms with Crippen LogP contribution in [0.5, 0.6) is 23.0 Å². The van der Waals surface area contributed by atoms with Gasteiger partial charge in [-0.25, -0.2) is 9.59 Å². The first-order valence-electron chi connectivity index (χ1n) is 12.1. The van der Waals surface area contributed by atoms with Gasteiger partial charge in [0, 0.05) is 24.5 Å². The minimum Gasteiger partial charge on any atom is -0.504 e. The molecule has 12 nitrogen and oxygen atoms in total. The quantitative estimate of drug-likeness (QED) is 0.203. The average molecular weight is 547 g/mol. The Morgan fingerprint density at radius 1 is 1.10 bits per heavy atom. The summed E-state index contributed by atoms with van der Waals surface area (Å²) >= 11 is 0. The van der Waals surface area contributed by atoms with Crippen LogP contribution in [0.15, 0.2) is 36.4 Å². The van der Waals surface area contributed by atoms with Crippen molar-refractivity contribution in [3.8, 4) is 23.0 Å². The molecule has 0 aromatic heterocycles. The third-order valence-electron chi connectivity index (χ3n) is 7.00. The van der Waals surface area contributed by atoms with E-state index in [1.807, 2.05) is 0 Å². The number of methoxy groups -OCH3 is 2. The van der Waals surface area contributed by atoms with Crippen LogP contribution in [-0.4, -0.2) is 87.3 Å². The highest BCUT2D eigenvalue weighted by Crippen LogP contribution is 2.51. The zero-order valence-electron chi connectivity index (χ0n) is 21.2. The molecular weight excluding hydrogens is 516 g/mol.